The van der Waals surface area contributed by atoms with E-state index in [0.717, 1.165) is 37.4 Å². The number of fused-ring (bicyclic) bond motifs is 2. The molecule has 0 aliphatic carbocycles. The summed E-state index contributed by atoms with van der Waals surface area (Å²) in [5.74, 6) is 1.30. The van der Waals surface area contributed by atoms with Gasteiger partial charge in [-0.3, -0.25) is 5.10 Å². The van der Waals surface area contributed by atoms with Crippen LogP contribution in [0.1, 0.15) is 18.4 Å². The quantitative estimate of drug-likeness (QED) is 0.431. The molecule has 1 aromatic carbocycles. The van der Waals surface area contributed by atoms with E-state index in [1.165, 1.54) is 32.3 Å². The van der Waals surface area contributed by atoms with Crippen LogP contribution in [0, 0.1) is 6.92 Å². The molecule has 0 amide bonds. The molecule has 0 radical (unpaired) electrons. The third-order valence-corrected chi connectivity index (χ3v) is 6.86. The molecule has 3 N–H and O–H groups in total. The highest BCUT2D eigenvalue weighted by Crippen LogP contribution is 2.41. The van der Waals surface area contributed by atoms with E-state index in [-0.39, 0.29) is 0 Å². The summed E-state index contributed by atoms with van der Waals surface area (Å²) in [5, 5.41) is 11.0. The van der Waals surface area contributed by atoms with Crippen LogP contribution in [-0.2, 0) is 0 Å². The van der Waals surface area contributed by atoms with Crippen molar-refractivity contribution in [2.45, 2.75) is 19.8 Å². The summed E-state index contributed by atoms with van der Waals surface area (Å²) in [6, 6.07) is 6.27. The summed E-state index contributed by atoms with van der Waals surface area (Å²) >= 11 is 3.37. The predicted octanol–water partition coefficient (Wildman–Crippen LogP) is 5.01. The number of nitrogens with zero attached hydrogens (tertiary/aromatic N) is 4. The first kappa shape index (κ1) is 20.6. The Morgan fingerprint density at radius 1 is 1.27 bits per heavy atom. The maximum absolute atomic E-state index is 5.98. The SMILES string of the molecule is C=CSN1CCCC1.COc1cc(C)cc2cc(-c3[nH]nc4ncnc(N)c34)sc12. The Labute approximate surface area is 183 Å². The second-order valence-corrected chi connectivity index (χ2v) is 9.07. The molecule has 3 aromatic heterocycles. The molecule has 1 saturated heterocycles. The number of aryl methyl sites for hydroxylation is 1. The smallest absolute Gasteiger partial charge is 0.186 e. The molecule has 0 saturated carbocycles. The van der Waals surface area contributed by atoms with Crippen LogP contribution in [0.5, 0.6) is 5.75 Å². The van der Waals surface area contributed by atoms with Crippen LogP contribution in [0.3, 0.4) is 0 Å². The van der Waals surface area contributed by atoms with E-state index in [4.69, 9.17) is 10.5 Å². The minimum absolute atomic E-state index is 0.425. The van der Waals surface area contributed by atoms with Crippen LogP contribution in [0.2, 0.25) is 0 Å². The molecule has 1 aliphatic heterocycles. The Bertz CT molecular complexity index is 1180. The van der Waals surface area contributed by atoms with Gasteiger partial charge in [0.25, 0.3) is 0 Å². The summed E-state index contributed by atoms with van der Waals surface area (Å²) < 4.78 is 8.92. The molecule has 4 aromatic rings. The highest BCUT2D eigenvalue weighted by atomic mass is 32.2. The van der Waals surface area contributed by atoms with Crippen molar-refractivity contribution in [1.82, 2.24) is 24.5 Å². The molecule has 0 unspecified atom stereocenters. The Kier molecular flexibility index (Phi) is 6.21. The first-order valence-electron chi connectivity index (χ1n) is 9.66. The summed E-state index contributed by atoms with van der Waals surface area (Å²) in [5.41, 5.74) is 8.55. The molecular weight excluding hydrogens is 416 g/mol. The second kappa shape index (κ2) is 9.03. The molecule has 5 rings (SSSR count). The lowest BCUT2D eigenvalue weighted by Gasteiger charge is -2.07. The van der Waals surface area contributed by atoms with E-state index in [9.17, 15) is 0 Å². The number of ether oxygens (including phenoxy) is 1. The number of aromatic amines is 1. The number of aromatic nitrogens is 4. The lowest BCUT2D eigenvalue weighted by atomic mass is 10.1. The van der Waals surface area contributed by atoms with Gasteiger partial charge in [0.1, 0.15) is 17.9 Å². The molecular formula is C21H24N6OS2. The Balaban J connectivity index is 0.000000230. The normalized spacial score (nSPS) is 14.1. The van der Waals surface area contributed by atoms with Gasteiger partial charge in [0.15, 0.2) is 5.65 Å². The molecule has 1 fully saturated rings. The molecule has 0 spiro atoms. The van der Waals surface area contributed by atoms with Crippen molar-refractivity contribution in [1.29, 1.82) is 0 Å². The van der Waals surface area contributed by atoms with Gasteiger partial charge in [-0.05, 0) is 48.3 Å². The van der Waals surface area contributed by atoms with Gasteiger partial charge in [-0.1, -0.05) is 24.6 Å². The van der Waals surface area contributed by atoms with Gasteiger partial charge in [0, 0.05) is 13.1 Å². The number of methoxy groups -OCH3 is 1. The summed E-state index contributed by atoms with van der Waals surface area (Å²) in [6.07, 6.45) is 4.14. The Morgan fingerprint density at radius 3 is 2.80 bits per heavy atom. The number of nitrogens with two attached hydrogens (primary N) is 1. The fourth-order valence-corrected chi connectivity index (χ4v) is 5.31. The number of anilines is 1. The number of hydrogen-bond acceptors (Lipinski definition) is 8. The highest BCUT2D eigenvalue weighted by Gasteiger charge is 2.16. The molecule has 7 nitrogen and oxygen atoms in total. The number of benzene rings is 1. The average molecular weight is 441 g/mol. The molecule has 4 heterocycles. The molecule has 0 bridgehead atoms. The zero-order chi connectivity index (χ0) is 21.1. The fraction of sp³-hybridized carbons (Fsp3) is 0.286. The van der Waals surface area contributed by atoms with Crippen molar-refractivity contribution in [3.8, 4) is 16.3 Å². The van der Waals surface area contributed by atoms with E-state index in [0.29, 0.717) is 11.5 Å². The largest absolute Gasteiger partial charge is 0.495 e. The third kappa shape index (κ3) is 4.14. The summed E-state index contributed by atoms with van der Waals surface area (Å²) in [4.78, 5) is 9.22. The second-order valence-electron chi connectivity index (χ2n) is 6.96. The van der Waals surface area contributed by atoms with Crippen LogP contribution in [0.15, 0.2) is 36.5 Å². The maximum atomic E-state index is 5.98. The number of hydrogen-bond donors (Lipinski definition) is 2. The van der Waals surface area contributed by atoms with Crippen molar-refractivity contribution in [3.05, 3.63) is 42.1 Å². The number of rotatable bonds is 4. The maximum Gasteiger partial charge on any atom is 0.186 e. The number of H-pyrrole nitrogens is 1. The van der Waals surface area contributed by atoms with Gasteiger partial charge in [0.2, 0.25) is 0 Å². The van der Waals surface area contributed by atoms with Gasteiger partial charge in [0.05, 0.1) is 27.8 Å². The van der Waals surface area contributed by atoms with Crippen LogP contribution >= 0.6 is 23.3 Å². The van der Waals surface area contributed by atoms with Crippen molar-refractivity contribution < 1.29 is 4.74 Å². The number of nitrogens with one attached hydrogen (secondary N) is 1. The standard InChI is InChI=1S/C15H13N5OS.C6H11NS/c1-7-3-8-5-10(22-13(8)9(4-7)21-2)12-11-14(16)17-6-18-15(11)20-19-12;1-2-8-7-5-3-4-6-7/h3-6H,1-2H3,(H3,16,17,18,19,20);2H,1,3-6H2. The van der Waals surface area contributed by atoms with Crippen molar-refractivity contribution in [2.75, 3.05) is 25.9 Å². The lowest BCUT2D eigenvalue weighted by molar-refractivity contribution is 0.420. The third-order valence-electron chi connectivity index (χ3n) is 4.86. The zero-order valence-corrected chi connectivity index (χ0v) is 18.6. The van der Waals surface area contributed by atoms with Gasteiger partial charge in [-0.2, -0.15) is 5.10 Å². The predicted molar refractivity (Wildman–Crippen MR) is 127 cm³/mol. The van der Waals surface area contributed by atoms with Crippen LogP contribution in [0.25, 0.3) is 31.7 Å². The van der Waals surface area contributed by atoms with Crippen molar-refractivity contribution in [3.63, 3.8) is 0 Å². The average Bonchev–Trinajstić information content (AvgIpc) is 3.47. The van der Waals surface area contributed by atoms with Crippen molar-refractivity contribution >= 4 is 50.2 Å². The van der Waals surface area contributed by atoms with Gasteiger partial charge >= 0.3 is 0 Å². The van der Waals surface area contributed by atoms with Gasteiger partial charge in [-0.15, -0.1) is 11.3 Å². The number of nitrogen functional groups attached to an aromatic ring is 1. The fourth-order valence-electron chi connectivity index (χ4n) is 3.50. The van der Waals surface area contributed by atoms with Gasteiger partial charge < -0.3 is 10.5 Å². The van der Waals surface area contributed by atoms with E-state index in [2.05, 4.69) is 50.1 Å². The minimum Gasteiger partial charge on any atom is -0.495 e. The van der Waals surface area contributed by atoms with Crippen molar-refractivity contribution in [2.24, 2.45) is 0 Å². The van der Waals surface area contributed by atoms with Crippen LogP contribution in [0.4, 0.5) is 5.82 Å². The topological polar surface area (TPSA) is 93.0 Å². The lowest BCUT2D eigenvalue weighted by Crippen LogP contribution is -2.06. The molecule has 156 valence electrons. The molecule has 0 atom stereocenters. The molecule has 30 heavy (non-hydrogen) atoms. The first-order chi connectivity index (χ1) is 14.6. The van der Waals surface area contributed by atoms with Crippen LogP contribution < -0.4 is 10.5 Å². The Morgan fingerprint density at radius 2 is 2.07 bits per heavy atom. The summed E-state index contributed by atoms with van der Waals surface area (Å²) in [6.45, 7) is 8.19. The van der Waals surface area contributed by atoms with E-state index < -0.39 is 0 Å². The first-order valence-corrected chi connectivity index (χ1v) is 11.3. The molecule has 1 aliphatic rings. The van der Waals surface area contributed by atoms with Crippen LogP contribution in [-0.4, -0.2) is 44.7 Å². The van der Waals surface area contributed by atoms with Gasteiger partial charge in [-0.25, -0.2) is 14.3 Å². The summed E-state index contributed by atoms with van der Waals surface area (Å²) in [7, 11) is 1.69. The highest BCUT2D eigenvalue weighted by molar-refractivity contribution is 7.99. The number of thiophene rings is 1. The molecule has 9 heteroatoms. The zero-order valence-electron chi connectivity index (χ0n) is 17.0. The monoisotopic (exact) mass is 440 g/mol. The van der Waals surface area contributed by atoms with E-state index >= 15 is 0 Å². The Hall–Kier alpha value is -2.62. The minimum atomic E-state index is 0.425. The van der Waals surface area contributed by atoms with E-state index in [1.807, 2.05) is 11.5 Å². The van der Waals surface area contributed by atoms with E-state index in [1.54, 1.807) is 30.4 Å².